The molecule has 4 rings (SSSR count). The molecule has 4 N–H and O–H groups in total. The summed E-state index contributed by atoms with van der Waals surface area (Å²) in [5.74, 6) is -0.240. The molecule has 0 radical (unpaired) electrons. The van der Waals surface area contributed by atoms with Crippen LogP contribution < -0.4 is 20.1 Å². The number of hydrogen-bond acceptors (Lipinski definition) is 9. The Morgan fingerprint density at radius 3 is 2.38 bits per heavy atom. The van der Waals surface area contributed by atoms with Gasteiger partial charge in [-0.25, -0.2) is 15.0 Å². The van der Waals surface area contributed by atoms with Crippen LogP contribution in [0.15, 0.2) is 60.0 Å². The van der Waals surface area contributed by atoms with Gasteiger partial charge in [0.2, 0.25) is 0 Å². The maximum Gasteiger partial charge on any atom is 0.320 e. The van der Waals surface area contributed by atoms with E-state index in [-0.39, 0.29) is 22.6 Å². The van der Waals surface area contributed by atoms with E-state index in [9.17, 15) is 18.3 Å². The Bertz CT molecular complexity index is 1590. The van der Waals surface area contributed by atoms with Crippen molar-refractivity contribution in [3.05, 3.63) is 60.6 Å². The van der Waals surface area contributed by atoms with E-state index >= 15 is 0 Å². The Labute approximate surface area is 226 Å². The maximum atomic E-state index is 13.1. The fourth-order valence-electron chi connectivity index (χ4n) is 3.98. The lowest BCUT2D eigenvalue weighted by Gasteiger charge is -2.19. The zero-order chi connectivity index (χ0) is 28.2. The number of benzene rings is 2. The number of aliphatic carboxylic acids is 1. The molecule has 0 saturated carbocycles. The van der Waals surface area contributed by atoms with Crippen LogP contribution in [0, 0.1) is 5.92 Å². The number of fused-ring (bicyclic) bond motifs is 1. The van der Waals surface area contributed by atoms with Gasteiger partial charge in [0.25, 0.3) is 10.0 Å². The molecule has 0 bridgehead atoms. The zero-order valence-electron chi connectivity index (χ0n) is 22.0. The number of carboxylic acid groups (broad SMARTS) is 1. The minimum absolute atomic E-state index is 0.00278. The van der Waals surface area contributed by atoms with Crippen molar-refractivity contribution in [3.63, 3.8) is 0 Å². The minimum atomic E-state index is -4.05. The molecule has 1 unspecified atom stereocenters. The molecule has 0 saturated heterocycles. The lowest BCUT2D eigenvalue weighted by molar-refractivity contribution is -0.140. The highest BCUT2D eigenvalue weighted by Crippen LogP contribution is 2.30. The van der Waals surface area contributed by atoms with Gasteiger partial charge in [-0.1, -0.05) is 32.0 Å². The van der Waals surface area contributed by atoms with Gasteiger partial charge in [-0.3, -0.25) is 9.52 Å². The number of rotatable bonds is 12. The van der Waals surface area contributed by atoms with Gasteiger partial charge in [0.05, 0.1) is 24.5 Å². The monoisotopic (exact) mass is 553 g/mol. The van der Waals surface area contributed by atoms with Gasteiger partial charge in [0.15, 0.2) is 16.7 Å². The molecule has 1 atom stereocenters. The van der Waals surface area contributed by atoms with Crippen LogP contribution in [0.1, 0.15) is 19.4 Å². The smallest absolute Gasteiger partial charge is 0.320 e. The largest absolute Gasteiger partial charge is 0.497 e. The van der Waals surface area contributed by atoms with Crippen LogP contribution in [0.5, 0.6) is 5.75 Å². The summed E-state index contributed by atoms with van der Waals surface area (Å²) in [5, 5.41) is 15.6. The summed E-state index contributed by atoms with van der Waals surface area (Å²) >= 11 is 0. The second kappa shape index (κ2) is 11.7. The predicted octanol–water partition coefficient (Wildman–Crippen LogP) is 3.16. The quantitative estimate of drug-likeness (QED) is 0.205. The van der Waals surface area contributed by atoms with E-state index in [1.165, 1.54) is 17.1 Å². The molecule has 0 spiro atoms. The number of ether oxygens (including phenoxy) is 1. The van der Waals surface area contributed by atoms with Gasteiger partial charge in [0, 0.05) is 31.5 Å². The first-order valence-electron chi connectivity index (χ1n) is 12.2. The van der Waals surface area contributed by atoms with Gasteiger partial charge in [-0.05, 0) is 36.1 Å². The van der Waals surface area contributed by atoms with Crippen LogP contribution in [0.25, 0.3) is 11.0 Å². The number of aromatic nitrogens is 4. The summed E-state index contributed by atoms with van der Waals surface area (Å²) in [6, 6.07) is 11.9. The van der Waals surface area contributed by atoms with E-state index in [1.54, 1.807) is 44.5 Å². The number of sulfonamides is 1. The van der Waals surface area contributed by atoms with Crippen molar-refractivity contribution in [2.75, 3.05) is 23.7 Å². The Morgan fingerprint density at radius 1 is 1.10 bits per heavy atom. The summed E-state index contributed by atoms with van der Waals surface area (Å²) < 4.78 is 35.6. The summed E-state index contributed by atoms with van der Waals surface area (Å²) in [6.07, 6.45) is 3.27. The van der Waals surface area contributed by atoms with Crippen molar-refractivity contribution >= 4 is 44.3 Å². The number of carbonyl (C=O) groups is 1. The molecule has 206 valence electrons. The van der Waals surface area contributed by atoms with Crippen LogP contribution in [-0.2, 0) is 28.3 Å². The summed E-state index contributed by atoms with van der Waals surface area (Å²) in [6.45, 7) is 4.09. The van der Waals surface area contributed by atoms with Crippen LogP contribution in [-0.4, -0.2) is 58.7 Å². The van der Waals surface area contributed by atoms with Crippen molar-refractivity contribution in [2.45, 2.75) is 31.3 Å². The standard InChI is InChI=1S/C26H31N7O5S/c1-16(2)23(26(34)35)27-12-11-17-9-10-18(38-4)13-21(17)31-24-25(30-20-8-6-5-7-19(20)29-24)32-39(36,37)22-14-33(3)15-28-22/h5-10,13-16,23,27H,11-12H2,1-4H3,(H,29,31)(H,30,32)(H,34,35). The molecule has 13 heteroatoms. The van der Waals surface area contributed by atoms with Crippen molar-refractivity contribution in [1.82, 2.24) is 24.8 Å². The van der Waals surface area contributed by atoms with Crippen molar-refractivity contribution in [3.8, 4) is 5.75 Å². The number of hydrogen-bond donors (Lipinski definition) is 4. The summed E-state index contributed by atoms with van der Waals surface area (Å²) in [5.41, 5.74) is 2.51. The lowest BCUT2D eigenvalue weighted by atomic mass is 10.0. The average Bonchev–Trinajstić information content (AvgIpc) is 3.34. The normalized spacial score (nSPS) is 12.4. The van der Waals surface area contributed by atoms with Gasteiger partial charge in [0.1, 0.15) is 11.8 Å². The molecule has 0 aliphatic rings. The van der Waals surface area contributed by atoms with Gasteiger partial charge >= 0.3 is 5.97 Å². The number of nitrogens with one attached hydrogen (secondary N) is 3. The Morgan fingerprint density at radius 2 is 1.79 bits per heavy atom. The first kappa shape index (κ1) is 27.8. The highest BCUT2D eigenvalue weighted by molar-refractivity contribution is 7.92. The van der Waals surface area contributed by atoms with Crippen LogP contribution in [0.3, 0.4) is 0 Å². The number of methoxy groups -OCH3 is 1. The van der Waals surface area contributed by atoms with Crippen LogP contribution >= 0.6 is 0 Å². The summed E-state index contributed by atoms with van der Waals surface area (Å²) in [7, 11) is -0.835. The fourth-order valence-corrected chi connectivity index (χ4v) is 4.97. The van der Waals surface area contributed by atoms with E-state index < -0.39 is 22.0 Å². The Kier molecular flexibility index (Phi) is 8.31. The second-order valence-electron chi connectivity index (χ2n) is 9.30. The van der Waals surface area contributed by atoms with Gasteiger partial charge < -0.3 is 25.0 Å². The molecule has 0 amide bonds. The van der Waals surface area contributed by atoms with Crippen molar-refractivity contribution in [2.24, 2.45) is 13.0 Å². The zero-order valence-corrected chi connectivity index (χ0v) is 22.9. The SMILES string of the molecule is COc1ccc(CCNC(C(=O)O)C(C)C)c(Nc2nc3ccccc3nc2NS(=O)(=O)c2cn(C)cn2)c1. The van der Waals surface area contributed by atoms with Gasteiger partial charge in [-0.15, -0.1) is 0 Å². The molecule has 2 heterocycles. The highest BCUT2D eigenvalue weighted by atomic mass is 32.2. The van der Waals surface area contributed by atoms with E-state index in [4.69, 9.17) is 4.74 Å². The van der Waals surface area contributed by atoms with Gasteiger partial charge in [-0.2, -0.15) is 8.42 Å². The third-order valence-electron chi connectivity index (χ3n) is 6.02. The van der Waals surface area contributed by atoms with Crippen molar-refractivity contribution in [1.29, 1.82) is 0 Å². The number of nitrogens with zero attached hydrogens (tertiary/aromatic N) is 4. The molecule has 4 aromatic rings. The topological polar surface area (TPSA) is 160 Å². The summed E-state index contributed by atoms with van der Waals surface area (Å²) in [4.78, 5) is 24.7. The van der Waals surface area contributed by atoms with E-state index in [0.717, 1.165) is 5.56 Å². The first-order chi connectivity index (χ1) is 18.6. The molecule has 39 heavy (non-hydrogen) atoms. The fraction of sp³-hybridized carbons (Fsp3) is 0.308. The number of carboxylic acids is 1. The number of imidazole rings is 1. The molecule has 12 nitrogen and oxygen atoms in total. The lowest BCUT2D eigenvalue weighted by Crippen LogP contribution is -2.41. The molecule has 0 fully saturated rings. The van der Waals surface area contributed by atoms with E-state index in [0.29, 0.717) is 35.4 Å². The number of anilines is 3. The molecular weight excluding hydrogens is 522 g/mol. The van der Waals surface area contributed by atoms with Crippen molar-refractivity contribution < 1.29 is 23.1 Å². The molecule has 2 aromatic heterocycles. The number of aryl methyl sites for hydroxylation is 1. The molecular formula is C26H31N7O5S. The Hall–Kier alpha value is -4.23. The minimum Gasteiger partial charge on any atom is -0.497 e. The third kappa shape index (κ3) is 6.62. The molecule has 0 aliphatic carbocycles. The molecule has 2 aromatic carbocycles. The maximum absolute atomic E-state index is 13.1. The average molecular weight is 554 g/mol. The van der Waals surface area contributed by atoms with E-state index in [2.05, 4.69) is 30.3 Å². The highest BCUT2D eigenvalue weighted by Gasteiger charge is 2.23. The predicted molar refractivity (Wildman–Crippen MR) is 148 cm³/mol. The second-order valence-corrected chi connectivity index (χ2v) is 10.9. The Balaban J connectivity index is 1.69. The first-order valence-corrected chi connectivity index (χ1v) is 13.7. The van der Waals surface area contributed by atoms with Crippen LogP contribution in [0.2, 0.25) is 0 Å². The number of para-hydroxylation sites is 2. The third-order valence-corrected chi connectivity index (χ3v) is 7.24. The van der Waals surface area contributed by atoms with Crippen LogP contribution in [0.4, 0.5) is 17.3 Å². The van der Waals surface area contributed by atoms with E-state index in [1.807, 2.05) is 26.0 Å². The molecule has 0 aliphatic heterocycles.